The molecule has 148 valence electrons. The van der Waals surface area contributed by atoms with E-state index in [0.717, 1.165) is 5.39 Å². The van der Waals surface area contributed by atoms with Gasteiger partial charge in [-0.05, 0) is 30.3 Å². The molecule has 1 aliphatic rings. The predicted molar refractivity (Wildman–Crippen MR) is 111 cm³/mol. The number of ether oxygens (including phenoxy) is 1. The number of pyridine rings is 1. The number of nitrogens with zero attached hydrogens (tertiary/aromatic N) is 3. The van der Waals surface area contributed by atoms with Crippen LogP contribution in [0.4, 0.5) is 4.39 Å². The molecule has 1 aliphatic heterocycles. The van der Waals surface area contributed by atoms with E-state index in [1.54, 1.807) is 26.2 Å². The van der Waals surface area contributed by atoms with Gasteiger partial charge in [0.1, 0.15) is 16.7 Å². The molecule has 7 heteroatoms. The second kappa shape index (κ2) is 7.79. The fourth-order valence-electron chi connectivity index (χ4n) is 3.49. The number of fused-ring (bicyclic) bond motifs is 1. The molecule has 2 aromatic carbocycles. The van der Waals surface area contributed by atoms with Crippen LogP contribution in [0.15, 0.2) is 53.6 Å². The number of hydrazone groups is 1. The van der Waals surface area contributed by atoms with Gasteiger partial charge in [0.25, 0.3) is 0 Å². The topological polar surface area (TPSA) is 54.8 Å². The smallest absolute Gasteiger partial charge is 0.242 e. The molecule has 1 amide bonds. The third kappa shape index (κ3) is 3.68. The first kappa shape index (κ1) is 19.3. The number of benzene rings is 2. The molecule has 0 saturated carbocycles. The molecule has 4 rings (SSSR count). The molecule has 3 aromatic rings. The second-order valence-electron chi connectivity index (χ2n) is 6.80. The van der Waals surface area contributed by atoms with E-state index >= 15 is 0 Å². The van der Waals surface area contributed by atoms with Crippen molar-refractivity contribution in [3.63, 3.8) is 0 Å². The van der Waals surface area contributed by atoms with E-state index in [1.165, 1.54) is 17.1 Å². The summed E-state index contributed by atoms with van der Waals surface area (Å²) in [6.45, 7) is 1.78. The number of hydrogen-bond donors (Lipinski definition) is 0. The summed E-state index contributed by atoms with van der Waals surface area (Å²) < 4.78 is 18.9. The number of rotatable bonds is 4. The van der Waals surface area contributed by atoms with Gasteiger partial charge >= 0.3 is 0 Å². The van der Waals surface area contributed by atoms with Crippen molar-refractivity contribution in [2.75, 3.05) is 7.11 Å². The predicted octanol–water partition coefficient (Wildman–Crippen LogP) is 5.12. The van der Waals surface area contributed by atoms with E-state index in [4.69, 9.17) is 16.3 Å². The Kier molecular flexibility index (Phi) is 5.20. The quantitative estimate of drug-likeness (QED) is 0.559. The molecule has 29 heavy (non-hydrogen) atoms. The van der Waals surface area contributed by atoms with E-state index in [9.17, 15) is 9.18 Å². The van der Waals surface area contributed by atoms with E-state index in [0.29, 0.717) is 46.1 Å². The minimum Gasteiger partial charge on any atom is -0.497 e. The first-order chi connectivity index (χ1) is 14.0. The number of amides is 1. The molecule has 0 spiro atoms. The summed E-state index contributed by atoms with van der Waals surface area (Å²) in [7, 11) is 1.59. The normalized spacial score (nSPS) is 16.2. The number of aromatic nitrogens is 1. The van der Waals surface area contributed by atoms with Gasteiger partial charge in [-0.1, -0.05) is 30.7 Å². The maximum atomic E-state index is 13.7. The van der Waals surface area contributed by atoms with Crippen molar-refractivity contribution in [2.45, 2.75) is 25.8 Å². The average molecular weight is 412 g/mol. The number of carbonyl (C=O) groups excluding carboxylic acids is 1. The lowest BCUT2D eigenvalue weighted by atomic mass is 9.98. The maximum Gasteiger partial charge on any atom is 0.242 e. The molecule has 0 fully saturated rings. The van der Waals surface area contributed by atoms with Gasteiger partial charge in [0.15, 0.2) is 0 Å². The van der Waals surface area contributed by atoms with E-state index in [-0.39, 0.29) is 11.7 Å². The maximum absolute atomic E-state index is 13.7. The van der Waals surface area contributed by atoms with Crippen molar-refractivity contribution in [2.24, 2.45) is 5.10 Å². The second-order valence-corrected chi connectivity index (χ2v) is 7.15. The van der Waals surface area contributed by atoms with Gasteiger partial charge in [-0.2, -0.15) is 5.10 Å². The number of methoxy groups -OCH3 is 1. The van der Waals surface area contributed by atoms with Crippen molar-refractivity contribution >= 4 is 34.1 Å². The molecule has 0 saturated heterocycles. The molecule has 0 radical (unpaired) electrons. The van der Waals surface area contributed by atoms with Crippen molar-refractivity contribution in [3.8, 4) is 5.75 Å². The van der Waals surface area contributed by atoms with Gasteiger partial charge in [-0.25, -0.2) is 14.4 Å². The van der Waals surface area contributed by atoms with Gasteiger partial charge in [0, 0.05) is 35.4 Å². The van der Waals surface area contributed by atoms with E-state index in [1.807, 2.05) is 24.3 Å². The first-order valence-electron chi connectivity index (χ1n) is 9.29. The van der Waals surface area contributed by atoms with Crippen molar-refractivity contribution < 1.29 is 13.9 Å². The third-order valence-electron chi connectivity index (χ3n) is 4.99. The molecule has 1 aromatic heterocycles. The van der Waals surface area contributed by atoms with Gasteiger partial charge < -0.3 is 4.74 Å². The summed E-state index contributed by atoms with van der Waals surface area (Å²) in [5, 5.41) is 7.14. The summed E-state index contributed by atoms with van der Waals surface area (Å²) in [6.07, 6.45) is 0.727. The summed E-state index contributed by atoms with van der Waals surface area (Å²) in [5.41, 5.74) is 2.70. The Balaban J connectivity index is 1.76. The third-order valence-corrected chi connectivity index (χ3v) is 5.29. The lowest BCUT2D eigenvalue weighted by Crippen LogP contribution is -2.26. The lowest BCUT2D eigenvalue weighted by Gasteiger charge is -2.22. The Hall–Kier alpha value is -2.99. The molecular formula is C22H19ClFN3O2. The fraction of sp³-hybridized carbons (Fsp3) is 0.227. The number of halogens is 2. The van der Waals surface area contributed by atoms with Gasteiger partial charge in [-0.3, -0.25) is 4.79 Å². The average Bonchev–Trinajstić information content (AvgIpc) is 3.17. The number of carbonyl (C=O) groups is 1. The molecular weight excluding hydrogens is 393 g/mol. The molecule has 0 N–H and O–H groups in total. The van der Waals surface area contributed by atoms with E-state index < -0.39 is 6.04 Å². The van der Waals surface area contributed by atoms with Crippen LogP contribution in [0.25, 0.3) is 10.9 Å². The standard InChI is InChI=1S/C22H19ClFN3O2/c1-3-21(28)27-20(12-19(26-27)13-5-4-6-15(24)9-13)17-10-14-7-8-16(29-2)11-18(14)25-22(17)23/h4-11,20H,3,12H2,1-2H3. The minimum absolute atomic E-state index is 0.132. The van der Waals surface area contributed by atoms with Crippen LogP contribution in [0.5, 0.6) is 5.75 Å². The van der Waals surface area contributed by atoms with Crippen LogP contribution in [0.1, 0.15) is 36.9 Å². The fourth-order valence-corrected chi connectivity index (χ4v) is 3.76. The highest BCUT2D eigenvalue weighted by Gasteiger charge is 2.34. The highest BCUT2D eigenvalue weighted by molar-refractivity contribution is 6.30. The lowest BCUT2D eigenvalue weighted by molar-refractivity contribution is -0.132. The molecule has 1 atom stereocenters. The zero-order valence-corrected chi connectivity index (χ0v) is 16.8. The van der Waals surface area contributed by atoms with Crippen LogP contribution < -0.4 is 4.74 Å². The highest BCUT2D eigenvalue weighted by atomic mass is 35.5. The zero-order chi connectivity index (χ0) is 20.5. The van der Waals surface area contributed by atoms with E-state index in [2.05, 4.69) is 10.1 Å². The SMILES string of the molecule is CCC(=O)N1N=C(c2cccc(F)c2)CC1c1cc2ccc(OC)cc2nc1Cl. The van der Waals surface area contributed by atoms with Crippen LogP contribution in [-0.2, 0) is 4.79 Å². The van der Waals surface area contributed by atoms with Crippen LogP contribution in [0.2, 0.25) is 5.15 Å². The Morgan fingerprint density at radius 1 is 1.28 bits per heavy atom. The summed E-state index contributed by atoms with van der Waals surface area (Å²) >= 11 is 6.51. The summed E-state index contributed by atoms with van der Waals surface area (Å²) in [4.78, 5) is 17.1. The van der Waals surface area contributed by atoms with Crippen LogP contribution in [0, 0.1) is 5.82 Å². The highest BCUT2D eigenvalue weighted by Crippen LogP contribution is 2.38. The van der Waals surface area contributed by atoms with Gasteiger partial charge in [0.2, 0.25) is 5.91 Å². The summed E-state index contributed by atoms with van der Waals surface area (Å²) in [6, 6.07) is 13.3. The van der Waals surface area contributed by atoms with Crippen molar-refractivity contribution in [1.82, 2.24) is 9.99 Å². The summed E-state index contributed by atoms with van der Waals surface area (Å²) in [5.74, 6) is 0.211. The van der Waals surface area contributed by atoms with Gasteiger partial charge in [-0.15, -0.1) is 0 Å². The Morgan fingerprint density at radius 2 is 2.10 bits per heavy atom. The van der Waals surface area contributed by atoms with Crippen molar-refractivity contribution in [3.05, 3.63) is 70.6 Å². The monoisotopic (exact) mass is 411 g/mol. The zero-order valence-electron chi connectivity index (χ0n) is 16.0. The Labute approximate surface area is 172 Å². The first-order valence-corrected chi connectivity index (χ1v) is 9.67. The molecule has 2 heterocycles. The molecule has 1 unspecified atom stereocenters. The van der Waals surface area contributed by atoms with Gasteiger partial charge in [0.05, 0.1) is 24.4 Å². The number of hydrogen-bond acceptors (Lipinski definition) is 4. The van der Waals surface area contributed by atoms with Crippen molar-refractivity contribution in [1.29, 1.82) is 0 Å². The largest absolute Gasteiger partial charge is 0.497 e. The Bertz CT molecular complexity index is 1130. The van der Waals surface area contributed by atoms with Crippen LogP contribution in [0.3, 0.4) is 0 Å². The Morgan fingerprint density at radius 3 is 2.83 bits per heavy atom. The molecule has 5 nitrogen and oxygen atoms in total. The van der Waals surface area contributed by atoms with Crippen LogP contribution in [-0.4, -0.2) is 28.7 Å². The van der Waals surface area contributed by atoms with Crippen LogP contribution >= 0.6 is 11.6 Å². The minimum atomic E-state index is -0.396. The molecule has 0 bridgehead atoms. The molecule has 0 aliphatic carbocycles.